The minimum atomic E-state index is 0.345. The molecular formula is C14H16ClN3OS. The summed E-state index contributed by atoms with van der Waals surface area (Å²) in [5.74, 6) is 0.741. The monoisotopic (exact) mass is 309 g/mol. The second-order valence-corrected chi connectivity index (χ2v) is 5.42. The van der Waals surface area contributed by atoms with Gasteiger partial charge in [0.15, 0.2) is 0 Å². The Morgan fingerprint density at radius 3 is 2.70 bits per heavy atom. The van der Waals surface area contributed by atoms with E-state index >= 15 is 0 Å². The summed E-state index contributed by atoms with van der Waals surface area (Å²) < 4.78 is 7.55. The molecule has 20 heavy (non-hydrogen) atoms. The van der Waals surface area contributed by atoms with E-state index in [0.29, 0.717) is 16.6 Å². The Labute approximate surface area is 128 Å². The predicted molar refractivity (Wildman–Crippen MR) is 84.4 cm³/mol. The van der Waals surface area contributed by atoms with Gasteiger partial charge < -0.3 is 10.5 Å². The highest BCUT2D eigenvalue weighted by Gasteiger charge is 2.12. The van der Waals surface area contributed by atoms with E-state index in [0.717, 1.165) is 28.3 Å². The molecule has 0 unspecified atom stereocenters. The maximum Gasteiger partial charge on any atom is 0.131 e. The van der Waals surface area contributed by atoms with Crippen LogP contribution in [-0.4, -0.2) is 14.8 Å². The summed E-state index contributed by atoms with van der Waals surface area (Å²) in [6.45, 7) is 4.18. The van der Waals surface area contributed by atoms with Gasteiger partial charge in [-0.25, -0.2) is 0 Å². The third-order valence-electron chi connectivity index (χ3n) is 3.10. The fraction of sp³-hybridized carbons (Fsp3) is 0.286. The summed E-state index contributed by atoms with van der Waals surface area (Å²) in [6, 6.07) is 5.65. The first-order valence-corrected chi connectivity index (χ1v) is 6.90. The summed E-state index contributed by atoms with van der Waals surface area (Å²) in [5.41, 5.74) is 9.06. The number of hydrogen-bond acceptors (Lipinski definition) is 3. The molecule has 4 nitrogen and oxygen atoms in total. The Bertz CT molecular complexity index is 667. The number of aryl methyl sites for hydroxylation is 3. The van der Waals surface area contributed by atoms with Crippen LogP contribution in [0.4, 0.5) is 0 Å². The van der Waals surface area contributed by atoms with Crippen molar-refractivity contribution in [3.05, 3.63) is 45.7 Å². The first-order chi connectivity index (χ1) is 9.40. The van der Waals surface area contributed by atoms with E-state index in [1.165, 1.54) is 0 Å². The minimum Gasteiger partial charge on any atom is -0.487 e. The minimum absolute atomic E-state index is 0.345. The number of nitrogens with two attached hydrogens (primary N) is 1. The standard InChI is InChI=1S/C14H16ClN3OS/c1-8-4-5-10(14(16)20)6-12(8)19-7-11-13(15)9(2)17-18(11)3/h4-6H,7H2,1-3H3,(H2,16,20). The van der Waals surface area contributed by atoms with E-state index in [9.17, 15) is 0 Å². The highest BCUT2D eigenvalue weighted by atomic mass is 35.5. The quantitative estimate of drug-likeness (QED) is 0.882. The number of aromatic nitrogens is 2. The second kappa shape index (κ2) is 5.81. The first kappa shape index (κ1) is 14.8. The van der Waals surface area contributed by atoms with Gasteiger partial charge in [-0.05, 0) is 25.5 Å². The van der Waals surface area contributed by atoms with E-state index in [4.69, 9.17) is 34.3 Å². The lowest BCUT2D eigenvalue weighted by molar-refractivity contribution is 0.293. The number of rotatable bonds is 4. The number of nitrogens with zero attached hydrogens (tertiary/aromatic N) is 2. The Hall–Kier alpha value is -1.59. The molecule has 0 atom stereocenters. The van der Waals surface area contributed by atoms with Gasteiger partial charge in [0.1, 0.15) is 17.3 Å². The van der Waals surface area contributed by atoms with Crippen molar-refractivity contribution < 1.29 is 4.74 Å². The predicted octanol–water partition coefficient (Wildman–Crippen LogP) is 2.90. The molecule has 2 rings (SSSR count). The molecule has 0 aliphatic carbocycles. The molecule has 0 aliphatic rings. The van der Waals surface area contributed by atoms with Crippen LogP contribution < -0.4 is 10.5 Å². The Morgan fingerprint density at radius 1 is 1.45 bits per heavy atom. The van der Waals surface area contributed by atoms with Crippen LogP contribution in [0.3, 0.4) is 0 Å². The topological polar surface area (TPSA) is 53.1 Å². The van der Waals surface area contributed by atoms with Crippen LogP contribution in [0.25, 0.3) is 0 Å². The fourth-order valence-corrected chi connectivity index (χ4v) is 2.23. The maximum atomic E-state index is 6.20. The van der Waals surface area contributed by atoms with Crippen LogP contribution >= 0.6 is 23.8 Å². The van der Waals surface area contributed by atoms with Crippen molar-refractivity contribution in [2.45, 2.75) is 20.5 Å². The molecule has 6 heteroatoms. The van der Waals surface area contributed by atoms with Crippen molar-refractivity contribution in [1.82, 2.24) is 9.78 Å². The third-order valence-corrected chi connectivity index (χ3v) is 3.83. The molecule has 2 N–H and O–H groups in total. The average molecular weight is 310 g/mol. The summed E-state index contributed by atoms with van der Waals surface area (Å²) in [7, 11) is 1.84. The molecule has 1 aromatic carbocycles. The Kier molecular flexibility index (Phi) is 4.30. The fourth-order valence-electron chi connectivity index (χ4n) is 1.89. The number of halogens is 1. The molecule has 0 saturated heterocycles. The van der Waals surface area contributed by atoms with Gasteiger partial charge in [-0.15, -0.1) is 0 Å². The number of ether oxygens (including phenoxy) is 1. The molecule has 0 amide bonds. The van der Waals surface area contributed by atoms with Crippen molar-refractivity contribution in [3.8, 4) is 5.75 Å². The third kappa shape index (κ3) is 2.94. The molecule has 0 fully saturated rings. The van der Waals surface area contributed by atoms with Crippen LogP contribution in [0.15, 0.2) is 18.2 Å². The van der Waals surface area contributed by atoms with Crippen LogP contribution in [0, 0.1) is 13.8 Å². The molecule has 0 spiro atoms. The molecule has 0 saturated carbocycles. The molecule has 1 aromatic heterocycles. The van der Waals surface area contributed by atoms with Gasteiger partial charge in [-0.3, -0.25) is 4.68 Å². The maximum absolute atomic E-state index is 6.20. The molecule has 1 heterocycles. The van der Waals surface area contributed by atoms with Gasteiger partial charge in [-0.1, -0.05) is 36.0 Å². The number of benzene rings is 1. The van der Waals surface area contributed by atoms with Crippen LogP contribution in [-0.2, 0) is 13.7 Å². The Balaban J connectivity index is 2.22. The molecule has 0 bridgehead atoms. The van der Waals surface area contributed by atoms with E-state index in [1.54, 1.807) is 4.68 Å². The lowest BCUT2D eigenvalue weighted by atomic mass is 10.1. The smallest absolute Gasteiger partial charge is 0.131 e. The lowest BCUT2D eigenvalue weighted by Crippen LogP contribution is -2.10. The van der Waals surface area contributed by atoms with Gasteiger partial charge in [-0.2, -0.15) is 5.10 Å². The normalized spacial score (nSPS) is 10.6. The second-order valence-electron chi connectivity index (χ2n) is 4.60. The van der Waals surface area contributed by atoms with Gasteiger partial charge in [0.25, 0.3) is 0 Å². The summed E-state index contributed by atoms with van der Waals surface area (Å²) in [6.07, 6.45) is 0. The lowest BCUT2D eigenvalue weighted by Gasteiger charge is -2.11. The van der Waals surface area contributed by atoms with Crippen LogP contribution in [0.2, 0.25) is 5.02 Å². The average Bonchev–Trinajstić information content (AvgIpc) is 2.63. The van der Waals surface area contributed by atoms with Crippen molar-refractivity contribution in [1.29, 1.82) is 0 Å². The van der Waals surface area contributed by atoms with Crippen molar-refractivity contribution in [2.75, 3.05) is 0 Å². The van der Waals surface area contributed by atoms with E-state index in [-0.39, 0.29) is 0 Å². The van der Waals surface area contributed by atoms with Crippen molar-refractivity contribution >= 4 is 28.8 Å². The summed E-state index contributed by atoms with van der Waals surface area (Å²) in [4.78, 5) is 0.351. The highest BCUT2D eigenvalue weighted by Crippen LogP contribution is 2.24. The Morgan fingerprint density at radius 2 is 2.15 bits per heavy atom. The zero-order chi connectivity index (χ0) is 14.9. The van der Waals surface area contributed by atoms with Crippen LogP contribution in [0.1, 0.15) is 22.5 Å². The molecule has 0 aliphatic heterocycles. The summed E-state index contributed by atoms with van der Waals surface area (Å²) >= 11 is 11.2. The zero-order valence-corrected chi connectivity index (χ0v) is 13.2. The SMILES string of the molecule is Cc1ccc(C(N)=S)cc1OCc1c(Cl)c(C)nn1C. The van der Waals surface area contributed by atoms with E-state index in [2.05, 4.69) is 5.10 Å². The van der Waals surface area contributed by atoms with Gasteiger partial charge in [0.05, 0.1) is 16.4 Å². The number of hydrogen-bond donors (Lipinski definition) is 1. The van der Waals surface area contributed by atoms with Crippen molar-refractivity contribution in [3.63, 3.8) is 0 Å². The largest absolute Gasteiger partial charge is 0.487 e. The van der Waals surface area contributed by atoms with Gasteiger partial charge >= 0.3 is 0 Å². The van der Waals surface area contributed by atoms with E-state index < -0.39 is 0 Å². The highest BCUT2D eigenvalue weighted by molar-refractivity contribution is 7.80. The van der Waals surface area contributed by atoms with Crippen LogP contribution in [0.5, 0.6) is 5.75 Å². The number of thiocarbonyl (C=S) groups is 1. The van der Waals surface area contributed by atoms with Gasteiger partial charge in [0, 0.05) is 12.6 Å². The molecular weight excluding hydrogens is 294 g/mol. The van der Waals surface area contributed by atoms with Gasteiger partial charge in [0.2, 0.25) is 0 Å². The summed E-state index contributed by atoms with van der Waals surface area (Å²) in [5, 5.41) is 4.89. The molecule has 2 aromatic rings. The molecule has 106 valence electrons. The first-order valence-electron chi connectivity index (χ1n) is 6.11. The molecule has 0 radical (unpaired) electrons. The van der Waals surface area contributed by atoms with E-state index in [1.807, 2.05) is 39.1 Å². The zero-order valence-electron chi connectivity index (χ0n) is 11.6. The van der Waals surface area contributed by atoms with Crippen molar-refractivity contribution in [2.24, 2.45) is 12.8 Å².